The number of benzene rings is 1. The maximum Gasteiger partial charge on any atom is 0.275 e. The lowest BCUT2D eigenvalue weighted by molar-refractivity contribution is -0.525. The summed E-state index contributed by atoms with van der Waals surface area (Å²) in [4.78, 5) is 9.92. The number of nitro groups is 1. The van der Waals surface area contributed by atoms with Gasteiger partial charge in [0, 0.05) is 5.56 Å². The third-order valence-corrected chi connectivity index (χ3v) is 1.47. The van der Waals surface area contributed by atoms with Gasteiger partial charge in [-0.15, -0.1) is 5.10 Å². The molecule has 0 aromatic heterocycles. The summed E-state index contributed by atoms with van der Waals surface area (Å²) in [7, 11) is 0. The highest BCUT2D eigenvalue weighted by atomic mass is 19.1. The van der Waals surface area contributed by atoms with Gasteiger partial charge in [-0.3, -0.25) is 0 Å². The van der Waals surface area contributed by atoms with Gasteiger partial charge in [-0.1, -0.05) is 23.6 Å². The number of guanidine groups is 1. The van der Waals surface area contributed by atoms with Crippen LogP contribution in [0.25, 0.3) is 0 Å². The van der Waals surface area contributed by atoms with Crippen LogP contribution in [-0.4, -0.2) is 17.2 Å². The zero-order valence-electron chi connectivity index (χ0n) is 8.00. The van der Waals surface area contributed by atoms with Crippen molar-refractivity contribution in [3.63, 3.8) is 0 Å². The molecule has 0 atom stereocenters. The number of nitrogens with one attached hydrogen (secondary N) is 1. The SMILES string of the molecule is N/C(=N/N=C/c1ccccc1F)N[N+](=O)[O-]. The Balaban J connectivity index is 2.68. The van der Waals surface area contributed by atoms with E-state index >= 15 is 0 Å². The third-order valence-electron chi connectivity index (χ3n) is 1.47. The minimum absolute atomic E-state index is 0.208. The fraction of sp³-hybridized carbons (Fsp3) is 0. The lowest BCUT2D eigenvalue weighted by atomic mass is 10.2. The second-order valence-corrected chi connectivity index (χ2v) is 2.62. The first-order valence-corrected chi connectivity index (χ1v) is 4.11. The zero-order chi connectivity index (χ0) is 12.0. The Bertz CT molecular complexity index is 446. The van der Waals surface area contributed by atoms with E-state index in [4.69, 9.17) is 5.73 Å². The van der Waals surface area contributed by atoms with Gasteiger partial charge in [-0.25, -0.2) is 14.5 Å². The van der Waals surface area contributed by atoms with Crippen molar-refractivity contribution >= 4 is 12.2 Å². The minimum atomic E-state index is -0.878. The van der Waals surface area contributed by atoms with E-state index < -0.39 is 16.8 Å². The second kappa shape index (κ2) is 5.39. The molecule has 0 radical (unpaired) electrons. The van der Waals surface area contributed by atoms with Gasteiger partial charge in [-0.2, -0.15) is 5.10 Å². The molecule has 0 saturated heterocycles. The number of nitrogens with two attached hydrogens (primary N) is 1. The maximum atomic E-state index is 13.0. The molecule has 0 aliphatic rings. The van der Waals surface area contributed by atoms with Crippen molar-refractivity contribution in [3.8, 4) is 0 Å². The zero-order valence-corrected chi connectivity index (χ0v) is 8.00. The number of nitrogens with zero attached hydrogens (tertiary/aromatic N) is 3. The summed E-state index contributed by atoms with van der Waals surface area (Å²) in [5, 5.41) is 15.7. The summed E-state index contributed by atoms with van der Waals surface area (Å²) >= 11 is 0. The average Bonchev–Trinajstić information content (AvgIpc) is 2.19. The molecule has 0 fully saturated rings. The summed E-state index contributed by atoms with van der Waals surface area (Å²) in [6, 6.07) is 5.88. The molecular weight excluding hydrogens is 217 g/mol. The Morgan fingerprint density at radius 1 is 1.56 bits per heavy atom. The molecule has 16 heavy (non-hydrogen) atoms. The van der Waals surface area contributed by atoms with Crippen LogP contribution in [0.5, 0.6) is 0 Å². The monoisotopic (exact) mass is 225 g/mol. The molecule has 0 aliphatic carbocycles. The largest absolute Gasteiger partial charge is 0.364 e. The Morgan fingerprint density at radius 2 is 2.25 bits per heavy atom. The third kappa shape index (κ3) is 3.70. The standard InChI is InChI=1S/C8H8FN5O2/c9-7-4-2-1-3-6(7)5-11-12-8(10)13-14(15)16/h1-5H,(H3,10,12,13)/b11-5+. The van der Waals surface area contributed by atoms with Gasteiger partial charge in [-0.05, 0) is 6.07 Å². The molecule has 0 unspecified atom stereocenters. The van der Waals surface area contributed by atoms with Crippen molar-refractivity contribution in [1.29, 1.82) is 0 Å². The van der Waals surface area contributed by atoms with E-state index in [0.717, 1.165) is 6.21 Å². The molecule has 0 amide bonds. The van der Waals surface area contributed by atoms with Crippen molar-refractivity contribution in [2.75, 3.05) is 0 Å². The molecule has 0 saturated carbocycles. The van der Waals surface area contributed by atoms with Gasteiger partial charge < -0.3 is 5.73 Å². The Kier molecular flexibility index (Phi) is 3.90. The van der Waals surface area contributed by atoms with Gasteiger partial charge in [0.05, 0.1) is 6.21 Å². The van der Waals surface area contributed by atoms with Crippen molar-refractivity contribution in [2.45, 2.75) is 0 Å². The van der Waals surface area contributed by atoms with Crippen molar-refractivity contribution < 1.29 is 9.42 Å². The maximum absolute atomic E-state index is 13.0. The molecule has 7 nitrogen and oxygen atoms in total. The van der Waals surface area contributed by atoms with E-state index in [9.17, 15) is 14.5 Å². The van der Waals surface area contributed by atoms with Gasteiger partial charge in [0.1, 0.15) is 5.82 Å². The quantitative estimate of drug-likeness (QED) is 0.333. The van der Waals surface area contributed by atoms with Crippen LogP contribution in [0.4, 0.5) is 4.39 Å². The summed E-state index contributed by atoms with van der Waals surface area (Å²) in [5.41, 5.74) is 6.86. The van der Waals surface area contributed by atoms with Gasteiger partial charge >= 0.3 is 0 Å². The summed E-state index contributed by atoms with van der Waals surface area (Å²) in [6.07, 6.45) is 1.10. The van der Waals surface area contributed by atoms with E-state index in [1.807, 2.05) is 0 Å². The lowest BCUT2D eigenvalue weighted by Gasteiger charge is -1.93. The fourth-order valence-electron chi connectivity index (χ4n) is 0.849. The molecule has 0 heterocycles. The van der Waals surface area contributed by atoms with Crippen LogP contribution in [0.15, 0.2) is 34.5 Å². The summed E-state index contributed by atoms with van der Waals surface area (Å²) < 4.78 is 13.0. The van der Waals surface area contributed by atoms with Gasteiger partial charge in [0.2, 0.25) is 0 Å². The van der Waals surface area contributed by atoms with Gasteiger partial charge in [0.25, 0.3) is 5.96 Å². The number of hydrogen-bond acceptors (Lipinski definition) is 4. The molecule has 3 N–H and O–H groups in total. The Morgan fingerprint density at radius 3 is 2.88 bits per heavy atom. The summed E-state index contributed by atoms with van der Waals surface area (Å²) in [6.45, 7) is 0. The van der Waals surface area contributed by atoms with E-state index in [1.54, 1.807) is 11.5 Å². The van der Waals surface area contributed by atoms with E-state index in [2.05, 4.69) is 10.2 Å². The van der Waals surface area contributed by atoms with Crippen molar-refractivity contribution in [2.24, 2.45) is 15.9 Å². The van der Waals surface area contributed by atoms with Gasteiger partial charge in [0.15, 0.2) is 5.03 Å². The molecule has 8 heteroatoms. The van der Waals surface area contributed by atoms with E-state index in [1.165, 1.54) is 18.2 Å². The average molecular weight is 225 g/mol. The van der Waals surface area contributed by atoms with Crippen LogP contribution in [0, 0.1) is 15.9 Å². The minimum Gasteiger partial charge on any atom is -0.364 e. The fourth-order valence-corrected chi connectivity index (χ4v) is 0.849. The predicted octanol–water partition coefficient (Wildman–Crippen LogP) is 0.256. The lowest BCUT2D eigenvalue weighted by Crippen LogP contribution is -2.35. The first kappa shape index (κ1) is 11.6. The molecule has 1 rings (SSSR count). The van der Waals surface area contributed by atoms with Crippen LogP contribution in [0.2, 0.25) is 0 Å². The highest BCUT2D eigenvalue weighted by Gasteiger charge is 1.98. The molecule has 0 spiro atoms. The highest BCUT2D eigenvalue weighted by molar-refractivity contribution is 5.81. The van der Waals surface area contributed by atoms with E-state index in [-0.39, 0.29) is 5.56 Å². The molecule has 1 aromatic carbocycles. The van der Waals surface area contributed by atoms with Crippen molar-refractivity contribution in [3.05, 3.63) is 45.8 Å². The number of rotatable bonds is 3. The first-order chi connectivity index (χ1) is 7.59. The number of hydrogen-bond donors (Lipinski definition) is 2. The predicted molar refractivity (Wildman–Crippen MR) is 55.7 cm³/mol. The normalized spacial score (nSPS) is 11.7. The molecule has 84 valence electrons. The Hall–Kier alpha value is -2.51. The summed E-state index contributed by atoms with van der Waals surface area (Å²) in [5.74, 6) is -0.958. The van der Waals surface area contributed by atoms with Crippen LogP contribution in [0.1, 0.15) is 5.56 Å². The number of halogens is 1. The molecule has 0 aliphatic heterocycles. The molecule has 0 bridgehead atoms. The smallest absolute Gasteiger partial charge is 0.275 e. The Labute approximate surface area is 89.6 Å². The van der Waals surface area contributed by atoms with Crippen LogP contribution < -0.4 is 11.2 Å². The molecule has 1 aromatic rings. The van der Waals surface area contributed by atoms with E-state index in [0.29, 0.717) is 0 Å². The molecular formula is C8H8FN5O2. The van der Waals surface area contributed by atoms with Crippen molar-refractivity contribution in [1.82, 2.24) is 5.43 Å². The van der Waals surface area contributed by atoms with Crippen LogP contribution in [-0.2, 0) is 0 Å². The highest BCUT2D eigenvalue weighted by Crippen LogP contribution is 2.02. The second-order valence-electron chi connectivity index (χ2n) is 2.62. The van der Waals surface area contributed by atoms with Crippen LogP contribution in [0.3, 0.4) is 0 Å². The first-order valence-electron chi connectivity index (χ1n) is 4.11. The topological polar surface area (TPSA) is 106 Å². The number of hydrazine groups is 1. The van der Waals surface area contributed by atoms with Crippen LogP contribution >= 0.6 is 0 Å².